The number of aromatic nitrogens is 2. The molecule has 2 aromatic carbocycles. The fourth-order valence-corrected chi connectivity index (χ4v) is 3.96. The normalized spacial score (nSPS) is 15.8. The van der Waals surface area contributed by atoms with Crippen LogP contribution in [0.1, 0.15) is 0 Å². The molecule has 31 heavy (non-hydrogen) atoms. The second kappa shape index (κ2) is 9.36. The third-order valence-electron chi connectivity index (χ3n) is 5.57. The Kier molecular flexibility index (Phi) is 6.39. The summed E-state index contributed by atoms with van der Waals surface area (Å²) in [5.74, 6) is 0.701. The number of carbonyl (C=O) groups excluding carboxylic acids is 1. The van der Waals surface area contributed by atoms with Gasteiger partial charge < -0.3 is 19.5 Å². The molecule has 1 fully saturated rings. The Morgan fingerprint density at radius 1 is 1.13 bits per heavy atom. The number of hydrogen-bond donors (Lipinski definition) is 1. The van der Waals surface area contributed by atoms with Gasteiger partial charge >= 0.3 is 6.09 Å². The predicted octanol–water partition coefficient (Wildman–Crippen LogP) is 2.36. The number of benzene rings is 2. The lowest BCUT2D eigenvalue weighted by atomic mass is 10.0. The highest BCUT2D eigenvalue weighted by atomic mass is 16.5. The van der Waals surface area contributed by atoms with Crippen molar-refractivity contribution in [3.8, 4) is 17.0 Å². The summed E-state index contributed by atoms with van der Waals surface area (Å²) in [6.45, 7) is 3.24. The molecule has 1 aliphatic rings. The number of aliphatic hydroxyl groups is 1. The number of aliphatic hydroxyl groups excluding tert-OH is 1. The smallest absolute Gasteiger partial charge is 0.409 e. The molecule has 1 aromatic heterocycles. The third-order valence-corrected chi connectivity index (χ3v) is 5.57. The maximum absolute atomic E-state index is 11.6. The van der Waals surface area contributed by atoms with Crippen LogP contribution in [0.5, 0.6) is 5.75 Å². The maximum Gasteiger partial charge on any atom is 0.409 e. The number of rotatable bonds is 6. The van der Waals surface area contributed by atoms with Gasteiger partial charge in [-0.25, -0.2) is 4.79 Å². The summed E-state index contributed by atoms with van der Waals surface area (Å²) < 4.78 is 12.6. The minimum atomic E-state index is -0.646. The number of β-amino-alcohol motifs (C(OH)–C–C–N with tert-alkyl or cyclic N) is 1. The molecule has 8 heteroatoms. The fourth-order valence-electron chi connectivity index (χ4n) is 3.96. The van der Waals surface area contributed by atoms with E-state index in [0.717, 1.165) is 22.0 Å². The lowest BCUT2D eigenvalue weighted by Crippen LogP contribution is -2.50. The Hall–Kier alpha value is -3.10. The van der Waals surface area contributed by atoms with Crippen molar-refractivity contribution >= 4 is 16.9 Å². The molecule has 0 saturated carbocycles. The number of carbonyl (C=O) groups is 1. The predicted molar refractivity (Wildman–Crippen MR) is 118 cm³/mol. The van der Waals surface area contributed by atoms with Crippen LogP contribution < -0.4 is 4.74 Å². The molecule has 0 bridgehead atoms. The van der Waals surface area contributed by atoms with Crippen molar-refractivity contribution in [1.82, 2.24) is 19.6 Å². The largest absolute Gasteiger partial charge is 0.490 e. The van der Waals surface area contributed by atoms with Gasteiger partial charge in [0.15, 0.2) is 0 Å². The number of methoxy groups -OCH3 is 1. The Morgan fingerprint density at radius 2 is 1.90 bits per heavy atom. The molecule has 1 atom stereocenters. The van der Waals surface area contributed by atoms with E-state index in [0.29, 0.717) is 38.5 Å². The number of ether oxygens (including phenoxy) is 2. The van der Waals surface area contributed by atoms with Crippen molar-refractivity contribution in [2.45, 2.75) is 6.10 Å². The zero-order valence-electron chi connectivity index (χ0n) is 17.9. The van der Waals surface area contributed by atoms with E-state index in [1.165, 1.54) is 7.11 Å². The summed E-state index contributed by atoms with van der Waals surface area (Å²) in [6, 6.07) is 14.1. The monoisotopic (exact) mass is 424 g/mol. The van der Waals surface area contributed by atoms with Crippen molar-refractivity contribution in [2.24, 2.45) is 7.05 Å². The van der Waals surface area contributed by atoms with Gasteiger partial charge in [0.2, 0.25) is 0 Å². The summed E-state index contributed by atoms with van der Waals surface area (Å²) in [5, 5.41) is 17.3. The Morgan fingerprint density at radius 3 is 2.61 bits per heavy atom. The molecule has 1 N–H and O–H groups in total. The highest BCUT2D eigenvalue weighted by molar-refractivity contribution is 5.98. The second-order valence-corrected chi connectivity index (χ2v) is 7.76. The summed E-state index contributed by atoms with van der Waals surface area (Å²) in [4.78, 5) is 15.4. The number of aryl methyl sites for hydroxylation is 1. The molecule has 0 aliphatic carbocycles. The first kappa shape index (κ1) is 21.1. The fraction of sp³-hybridized carbons (Fsp3) is 0.391. The van der Waals surface area contributed by atoms with Crippen LogP contribution in [0.15, 0.2) is 48.7 Å². The van der Waals surface area contributed by atoms with Crippen LogP contribution in [0.3, 0.4) is 0 Å². The number of fused-ring (bicyclic) bond motifs is 1. The Bertz CT molecular complexity index is 1040. The van der Waals surface area contributed by atoms with E-state index >= 15 is 0 Å². The van der Waals surface area contributed by atoms with Crippen molar-refractivity contribution in [3.63, 3.8) is 0 Å². The summed E-state index contributed by atoms with van der Waals surface area (Å²) in [7, 11) is 3.28. The minimum absolute atomic E-state index is 0.176. The SMILES string of the molecule is COC(=O)N1CCN(CC(O)COc2ccc3ccccc3c2-c2ccn(C)n2)CC1. The zero-order valence-corrected chi connectivity index (χ0v) is 17.9. The Balaban J connectivity index is 1.43. The molecular weight excluding hydrogens is 396 g/mol. The molecule has 1 unspecified atom stereocenters. The van der Waals surface area contributed by atoms with E-state index in [1.54, 1.807) is 9.58 Å². The quantitative estimate of drug-likeness (QED) is 0.655. The van der Waals surface area contributed by atoms with Crippen LogP contribution in [0.2, 0.25) is 0 Å². The first-order chi connectivity index (χ1) is 15.0. The Labute approximate surface area is 181 Å². The van der Waals surface area contributed by atoms with Crippen LogP contribution in [-0.4, -0.2) is 83.3 Å². The van der Waals surface area contributed by atoms with Crippen molar-refractivity contribution < 1.29 is 19.4 Å². The van der Waals surface area contributed by atoms with Gasteiger partial charge in [-0.05, 0) is 22.9 Å². The summed E-state index contributed by atoms with van der Waals surface area (Å²) in [6.07, 6.45) is 0.957. The number of piperazine rings is 1. The number of hydrogen-bond acceptors (Lipinski definition) is 6. The van der Waals surface area contributed by atoms with Gasteiger partial charge in [0.25, 0.3) is 0 Å². The van der Waals surface area contributed by atoms with Crippen LogP contribution in [-0.2, 0) is 11.8 Å². The van der Waals surface area contributed by atoms with Crippen LogP contribution in [0.25, 0.3) is 22.0 Å². The third kappa shape index (κ3) is 4.81. The summed E-state index contributed by atoms with van der Waals surface area (Å²) in [5.41, 5.74) is 1.76. The van der Waals surface area contributed by atoms with Gasteiger partial charge in [0, 0.05) is 46.0 Å². The molecule has 0 radical (unpaired) electrons. The minimum Gasteiger partial charge on any atom is -0.490 e. The molecule has 0 spiro atoms. The van der Waals surface area contributed by atoms with Gasteiger partial charge in [-0.3, -0.25) is 9.58 Å². The van der Waals surface area contributed by atoms with Gasteiger partial charge in [0.05, 0.1) is 18.4 Å². The number of amides is 1. The lowest BCUT2D eigenvalue weighted by molar-refractivity contribution is 0.0437. The van der Waals surface area contributed by atoms with Crippen LogP contribution in [0, 0.1) is 0 Å². The average molecular weight is 425 g/mol. The first-order valence-electron chi connectivity index (χ1n) is 10.4. The van der Waals surface area contributed by atoms with Crippen molar-refractivity contribution in [3.05, 3.63) is 48.7 Å². The second-order valence-electron chi connectivity index (χ2n) is 7.76. The standard InChI is InChI=1S/C23H28N4O4/c1-25-10-9-20(24-25)22-19-6-4-3-5-17(19)7-8-21(22)31-16-18(28)15-26-11-13-27(14-12-26)23(29)30-2/h3-10,18,28H,11-16H2,1-2H3. The van der Waals surface area contributed by atoms with E-state index in [1.807, 2.05) is 43.6 Å². The van der Waals surface area contributed by atoms with Gasteiger partial charge in [-0.15, -0.1) is 0 Å². The van der Waals surface area contributed by atoms with Crippen molar-refractivity contribution in [2.75, 3.05) is 46.4 Å². The van der Waals surface area contributed by atoms with Crippen LogP contribution >= 0.6 is 0 Å². The molecule has 164 valence electrons. The molecule has 4 rings (SSSR count). The average Bonchev–Trinajstić information content (AvgIpc) is 3.23. The number of nitrogens with zero attached hydrogens (tertiary/aromatic N) is 4. The zero-order chi connectivity index (χ0) is 21.8. The molecule has 1 saturated heterocycles. The van der Waals surface area contributed by atoms with Gasteiger partial charge in [0.1, 0.15) is 18.5 Å². The topological polar surface area (TPSA) is 80.1 Å². The molecular formula is C23H28N4O4. The highest BCUT2D eigenvalue weighted by Gasteiger charge is 2.23. The molecule has 3 aromatic rings. The van der Waals surface area contributed by atoms with Crippen LogP contribution in [0.4, 0.5) is 4.79 Å². The molecule has 1 amide bonds. The van der Waals surface area contributed by atoms with Crippen molar-refractivity contribution in [1.29, 1.82) is 0 Å². The van der Waals surface area contributed by atoms with Gasteiger partial charge in [-0.1, -0.05) is 30.3 Å². The maximum atomic E-state index is 11.6. The summed E-state index contributed by atoms with van der Waals surface area (Å²) >= 11 is 0. The van der Waals surface area contributed by atoms with E-state index in [2.05, 4.69) is 22.1 Å². The van der Waals surface area contributed by atoms with E-state index in [-0.39, 0.29) is 12.7 Å². The molecule has 8 nitrogen and oxygen atoms in total. The van der Waals surface area contributed by atoms with Gasteiger partial charge in [-0.2, -0.15) is 5.10 Å². The lowest BCUT2D eigenvalue weighted by Gasteiger charge is -2.34. The van der Waals surface area contributed by atoms with E-state index in [9.17, 15) is 9.90 Å². The van der Waals surface area contributed by atoms with E-state index in [4.69, 9.17) is 9.47 Å². The highest BCUT2D eigenvalue weighted by Crippen LogP contribution is 2.36. The first-order valence-corrected chi connectivity index (χ1v) is 10.4. The van der Waals surface area contributed by atoms with E-state index < -0.39 is 6.10 Å². The molecule has 2 heterocycles. The molecule has 1 aliphatic heterocycles.